The van der Waals surface area contributed by atoms with Crippen LogP contribution in [0.1, 0.15) is 194 Å². The first-order valence-electron chi connectivity index (χ1n) is 18.6. The number of ketones is 1. The lowest BCUT2D eigenvalue weighted by Crippen LogP contribution is -2.48. The molecule has 0 radical (unpaired) electrons. The van der Waals surface area contributed by atoms with E-state index in [1.54, 1.807) is 0 Å². The zero-order valence-corrected chi connectivity index (χ0v) is 29.1. The van der Waals surface area contributed by atoms with Gasteiger partial charge in [0.15, 0.2) is 5.78 Å². The van der Waals surface area contributed by atoms with Gasteiger partial charge in [0.05, 0.1) is 20.5 Å². The lowest BCUT2D eigenvalue weighted by Gasteiger charge is -2.26. The molecule has 0 aromatic rings. The number of hydrogen-bond acceptors (Lipinski definition) is 2. The van der Waals surface area contributed by atoms with Crippen molar-refractivity contribution in [3.05, 3.63) is 24.3 Å². The van der Waals surface area contributed by atoms with Gasteiger partial charge in [-0.2, -0.15) is 0 Å². The zero-order valence-electron chi connectivity index (χ0n) is 29.1. The monoisotopic (exact) mass is 589 g/mol. The van der Waals surface area contributed by atoms with Crippen LogP contribution in [0.15, 0.2) is 24.3 Å². The Morgan fingerprint density at radius 2 is 0.738 bits per heavy atom. The molecular formula is C39H74NO2+. The number of Topliss-reactive ketones (excluding diaryl/α,β-unsaturated/α-hetero) is 1. The van der Waals surface area contributed by atoms with Gasteiger partial charge in [-0.3, -0.25) is 9.28 Å². The summed E-state index contributed by atoms with van der Waals surface area (Å²) in [5.74, 6) is 0.459. The van der Waals surface area contributed by atoms with Gasteiger partial charge in [-0.15, -0.1) is 0 Å². The highest BCUT2D eigenvalue weighted by Gasteiger charge is 2.28. The molecule has 0 saturated heterocycles. The van der Waals surface area contributed by atoms with Crippen LogP contribution < -0.4 is 0 Å². The van der Waals surface area contributed by atoms with Crippen molar-refractivity contribution in [1.82, 2.24) is 0 Å². The molecule has 0 aliphatic heterocycles. The lowest BCUT2D eigenvalue weighted by molar-refractivity contribution is -0.805. The van der Waals surface area contributed by atoms with Crippen molar-refractivity contribution < 1.29 is 14.1 Å². The maximum Gasteiger partial charge on any atom is 0.313 e. The Morgan fingerprint density at radius 3 is 1.12 bits per heavy atom. The number of amides is 1. The minimum Gasteiger partial charge on any atom is -0.293 e. The molecule has 0 aromatic heterocycles. The molecule has 3 nitrogen and oxygen atoms in total. The van der Waals surface area contributed by atoms with Gasteiger partial charge in [-0.1, -0.05) is 141 Å². The number of rotatable bonds is 32. The fraction of sp³-hybridized carbons (Fsp3) is 0.846. The number of hydrogen-bond donors (Lipinski definition) is 0. The normalized spacial score (nSPS) is 12.2. The molecule has 246 valence electrons. The van der Waals surface area contributed by atoms with Crippen LogP contribution in [0.2, 0.25) is 0 Å². The van der Waals surface area contributed by atoms with Gasteiger partial charge in [-0.25, -0.2) is 4.79 Å². The molecular weight excluding hydrogens is 514 g/mol. The Kier molecular flexibility index (Phi) is 30.3. The summed E-state index contributed by atoms with van der Waals surface area (Å²) in [6.07, 6.45) is 43.7. The van der Waals surface area contributed by atoms with E-state index in [4.69, 9.17) is 0 Å². The number of quaternary nitrogens is 1. The van der Waals surface area contributed by atoms with Gasteiger partial charge in [-0.05, 0) is 64.2 Å². The largest absolute Gasteiger partial charge is 0.313 e. The summed E-state index contributed by atoms with van der Waals surface area (Å²) in [4.78, 5) is 25.3. The summed E-state index contributed by atoms with van der Waals surface area (Å²) in [7, 11) is 3.83. The number of likely N-dealkylation sites (N-methyl/N-ethyl adjacent to an activating group) is 1. The van der Waals surface area contributed by atoms with E-state index in [2.05, 4.69) is 38.2 Å². The van der Waals surface area contributed by atoms with Crippen LogP contribution >= 0.6 is 0 Å². The highest BCUT2D eigenvalue weighted by Crippen LogP contribution is 2.14. The predicted molar refractivity (Wildman–Crippen MR) is 186 cm³/mol. The molecule has 0 aromatic carbocycles. The van der Waals surface area contributed by atoms with Crippen molar-refractivity contribution >= 4 is 11.7 Å². The number of nitrogens with zero attached hydrogens (tertiary/aromatic N) is 1. The Morgan fingerprint density at radius 1 is 0.429 bits per heavy atom. The lowest BCUT2D eigenvalue weighted by atomic mass is 10.1. The van der Waals surface area contributed by atoms with Gasteiger partial charge in [0.2, 0.25) is 0 Å². The van der Waals surface area contributed by atoms with Crippen LogP contribution in [0.25, 0.3) is 0 Å². The van der Waals surface area contributed by atoms with E-state index in [0.717, 1.165) is 25.7 Å². The zero-order chi connectivity index (χ0) is 31.0. The van der Waals surface area contributed by atoms with E-state index < -0.39 is 0 Å². The van der Waals surface area contributed by atoms with Crippen LogP contribution in [0.5, 0.6) is 0 Å². The fourth-order valence-electron chi connectivity index (χ4n) is 5.65. The summed E-state index contributed by atoms with van der Waals surface area (Å²) < 4.78 is 0.216. The Labute approximate surface area is 264 Å². The Hall–Kier alpha value is -1.22. The van der Waals surface area contributed by atoms with Crippen LogP contribution in [0.4, 0.5) is 0 Å². The van der Waals surface area contributed by atoms with Crippen molar-refractivity contribution in [1.29, 1.82) is 0 Å². The smallest absolute Gasteiger partial charge is 0.293 e. The second-order valence-electron chi connectivity index (χ2n) is 13.4. The molecule has 0 atom stereocenters. The molecule has 1 amide bonds. The summed E-state index contributed by atoms with van der Waals surface area (Å²) in [6, 6.07) is 0. The molecule has 0 bridgehead atoms. The molecule has 0 aliphatic rings. The van der Waals surface area contributed by atoms with E-state index in [9.17, 15) is 9.59 Å². The number of carbonyl (C=O) groups excluding carboxylic acids is 2. The standard InChI is InChI=1S/C39H74NO2/c1-5-7-9-11-13-15-17-19-21-23-25-27-29-31-33-35-38(41)37-40(3,4)39(42)36-34-32-30-28-26-24-22-20-18-16-14-12-10-8-6-2/h19-22H,5-18,23-37H2,1-4H3/q+1/b21-19-,22-20-. The topological polar surface area (TPSA) is 34.1 Å². The first-order valence-corrected chi connectivity index (χ1v) is 18.6. The number of carbonyl (C=O) groups is 2. The Balaban J connectivity index is 3.63. The molecule has 0 spiro atoms. The molecule has 0 aliphatic carbocycles. The summed E-state index contributed by atoms with van der Waals surface area (Å²) >= 11 is 0. The average Bonchev–Trinajstić information content (AvgIpc) is 2.96. The van der Waals surface area contributed by atoms with E-state index >= 15 is 0 Å². The van der Waals surface area contributed by atoms with Crippen LogP contribution in [0, 0.1) is 0 Å². The second kappa shape index (κ2) is 31.2. The summed E-state index contributed by atoms with van der Waals surface area (Å²) in [5.41, 5.74) is 0. The third kappa shape index (κ3) is 28.9. The first kappa shape index (κ1) is 40.8. The molecule has 0 saturated carbocycles. The average molecular weight is 589 g/mol. The molecule has 3 heteroatoms. The SMILES string of the molecule is CCCCCCCC/C=C\CCCCCCCC(=O)C[N+](C)(C)C(=O)CCCCCCC/C=C\CCCCCCCC. The van der Waals surface area contributed by atoms with Gasteiger partial charge in [0.1, 0.15) is 6.54 Å². The molecule has 0 heterocycles. The van der Waals surface area contributed by atoms with E-state index in [1.807, 2.05) is 14.1 Å². The van der Waals surface area contributed by atoms with Crippen LogP contribution in [0.3, 0.4) is 0 Å². The van der Waals surface area contributed by atoms with Crippen LogP contribution in [-0.4, -0.2) is 36.8 Å². The van der Waals surface area contributed by atoms with Gasteiger partial charge in [0, 0.05) is 6.42 Å². The van der Waals surface area contributed by atoms with Gasteiger partial charge >= 0.3 is 5.91 Å². The molecule has 0 rings (SSSR count). The third-order valence-electron chi connectivity index (χ3n) is 8.62. The predicted octanol–water partition coefficient (Wildman–Crippen LogP) is 12.2. The van der Waals surface area contributed by atoms with Gasteiger partial charge in [0.25, 0.3) is 0 Å². The summed E-state index contributed by atoms with van der Waals surface area (Å²) in [6.45, 7) is 4.90. The van der Waals surface area contributed by atoms with Gasteiger partial charge < -0.3 is 0 Å². The van der Waals surface area contributed by atoms with Crippen molar-refractivity contribution in [2.45, 2.75) is 194 Å². The van der Waals surface area contributed by atoms with E-state index in [1.165, 1.54) is 141 Å². The minimum absolute atomic E-state index is 0.213. The molecule has 0 fully saturated rings. The van der Waals surface area contributed by atoms with E-state index in [-0.39, 0.29) is 16.2 Å². The minimum atomic E-state index is 0.213. The highest BCUT2D eigenvalue weighted by atomic mass is 16.2. The maximum atomic E-state index is 12.8. The van der Waals surface area contributed by atoms with Crippen molar-refractivity contribution in [3.63, 3.8) is 0 Å². The maximum absolute atomic E-state index is 12.8. The van der Waals surface area contributed by atoms with Crippen molar-refractivity contribution in [3.8, 4) is 0 Å². The van der Waals surface area contributed by atoms with E-state index in [0.29, 0.717) is 19.4 Å². The van der Waals surface area contributed by atoms with Crippen molar-refractivity contribution in [2.75, 3.05) is 20.6 Å². The summed E-state index contributed by atoms with van der Waals surface area (Å²) in [5, 5.41) is 0. The number of unbranched alkanes of at least 4 members (excludes halogenated alkanes) is 22. The highest BCUT2D eigenvalue weighted by molar-refractivity contribution is 5.81. The molecule has 0 unspecified atom stereocenters. The molecule has 0 N–H and O–H groups in total. The Bertz CT molecular complexity index is 663. The van der Waals surface area contributed by atoms with Crippen molar-refractivity contribution in [2.24, 2.45) is 0 Å². The number of allylic oxidation sites excluding steroid dienone is 4. The molecule has 42 heavy (non-hydrogen) atoms. The fourth-order valence-corrected chi connectivity index (χ4v) is 5.65. The third-order valence-corrected chi connectivity index (χ3v) is 8.62. The van der Waals surface area contributed by atoms with Crippen LogP contribution in [-0.2, 0) is 9.59 Å². The second-order valence-corrected chi connectivity index (χ2v) is 13.4. The quantitative estimate of drug-likeness (QED) is 0.0445. The first-order chi connectivity index (χ1) is 20.4.